The number of hydrogen-bond donors (Lipinski definition) is 2. The monoisotopic (exact) mass is 261 g/mol. The summed E-state index contributed by atoms with van der Waals surface area (Å²) < 4.78 is 0. The maximum Gasteiger partial charge on any atom is 0.0914 e. The lowest BCUT2D eigenvalue weighted by Crippen LogP contribution is -2.24. The lowest BCUT2D eigenvalue weighted by molar-refractivity contribution is 0.171. The predicted molar refractivity (Wildman–Crippen MR) is 76.9 cm³/mol. The van der Waals surface area contributed by atoms with E-state index in [9.17, 15) is 5.11 Å². The Kier molecular flexibility index (Phi) is 4.53. The van der Waals surface area contributed by atoms with E-state index in [2.05, 4.69) is 31.3 Å². The van der Waals surface area contributed by atoms with Gasteiger partial charge in [0.2, 0.25) is 0 Å². The quantitative estimate of drug-likeness (QED) is 0.864. The van der Waals surface area contributed by atoms with Gasteiger partial charge in [0.05, 0.1) is 6.10 Å². The number of thiophene rings is 1. The van der Waals surface area contributed by atoms with Crippen molar-refractivity contribution in [2.75, 3.05) is 6.54 Å². The number of hydrogen-bond acceptors (Lipinski definition) is 3. The van der Waals surface area contributed by atoms with Gasteiger partial charge in [-0.3, -0.25) is 0 Å². The number of benzene rings is 1. The predicted octanol–water partition coefficient (Wildman–Crippen LogP) is 3.44. The largest absolute Gasteiger partial charge is 0.387 e. The van der Waals surface area contributed by atoms with Gasteiger partial charge >= 0.3 is 0 Å². The van der Waals surface area contributed by atoms with E-state index in [-0.39, 0.29) is 6.04 Å². The van der Waals surface area contributed by atoms with Gasteiger partial charge in [-0.15, -0.1) is 11.3 Å². The first-order valence-electron chi connectivity index (χ1n) is 6.19. The molecule has 96 valence electrons. The second-order valence-electron chi connectivity index (χ2n) is 4.50. The second kappa shape index (κ2) is 6.14. The molecule has 0 saturated carbocycles. The highest BCUT2D eigenvalue weighted by molar-refractivity contribution is 7.12. The van der Waals surface area contributed by atoms with Gasteiger partial charge in [0.1, 0.15) is 0 Å². The summed E-state index contributed by atoms with van der Waals surface area (Å²) in [6.45, 7) is 4.81. The summed E-state index contributed by atoms with van der Waals surface area (Å²) in [7, 11) is 0. The lowest BCUT2D eigenvalue weighted by Gasteiger charge is -2.16. The highest BCUT2D eigenvalue weighted by Gasteiger charge is 2.11. The normalized spacial score (nSPS) is 14.4. The van der Waals surface area contributed by atoms with E-state index in [4.69, 9.17) is 0 Å². The molecule has 2 nitrogen and oxygen atoms in total. The van der Waals surface area contributed by atoms with Crippen LogP contribution in [0.2, 0.25) is 0 Å². The third kappa shape index (κ3) is 3.42. The molecule has 2 aromatic rings. The van der Waals surface area contributed by atoms with Crippen LogP contribution < -0.4 is 5.32 Å². The van der Waals surface area contributed by atoms with Gasteiger partial charge in [-0.1, -0.05) is 30.3 Å². The van der Waals surface area contributed by atoms with Crippen molar-refractivity contribution in [3.05, 3.63) is 57.8 Å². The van der Waals surface area contributed by atoms with Gasteiger partial charge in [-0.05, 0) is 31.5 Å². The van der Waals surface area contributed by atoms with Crippen LogP contribution in [-0.2, 0) is 0 Å². The molecule has 2 N–H and O–H groups in total. The van der Waals surface area contributed by atoms with E-state index >= 15 is 0 Å². The molecule has 0 aliphatic carbocycles. The minimum atomic E-state index is -0.449. The first-order valence-corrected chi connectivity index (χ1v) is 7.01. The molecule has 18 heavy (non-hydrogen) atoms. The second-order valence-corrected chi connectivity index (χ2v) is 5.82. The zero-order valence-electron chi connectivity index (χ0n) is 10.8. The molecule has 1 heterocycles. The van der Waals surface area contributed by atoms with E-state index in [1.54, 1.807) is 11.3 Å². The molecule has 0 fully saturated rings. The molecule has 2 unspecified atom stereocenters. The van der Waals surface area contributed by atoms with Gasteiger partial charge in [-0.25, -0.2) is 0 Å². The highest BCUT2D eigenvalue weighted by atomic mass is 32.1. The van der Waals surface area contributed by atoms with Crippen molar-refractivity contribution in [2.45, 2.75) is 26.0 Å². The molecule has 1 aromatic carbocycles. The molecular weight excluding hydrogens is 242 g/mol. The van der Waals surface area contributed by atoms with Crippen molar-refractivity contribution in [3.8, 4) is 0 Å². The SMILES string of the molecule is Cc1ccc(C(C)NCC(O)c2ccccc2)s1. The zero-order chi connectivity index (χ0) is 13.0. The molecule has 0 bridgehead atoms. The summed E-state index contributed by atoms with van der Waals surface area (Å²) in [5, 5.41) is 13.4. The fourth-order valence-corrected chi connectivity index (χ4v) is 2.77. The number of nitrogens with one attached hydrogen (secondary N) is 1. The highest BCUT2D eigenvalue weighted by Crippen LogP contribution is 2.22. The third-order valence-corrected chi connectivity index (χ3v) is 4.17. The standard InChI is InChI=1S/C15H19NOS/c1-11-8-9-15(18-11)12(2)16-10-14(17)13-6-4-3-5-7-13/h3-9,12,14,16-17H,10H2,1-2H3. The lowest BCUT2D eigenvalue weighted by atomic mass is 10.1. The molecule has 3 heteroatoms. The van der Waals surface area contributed by atoms with E-state index < -0.39 is 6.10 Å². The van der Waals surface area contributed by atoms with Crippen LogP contribution in [0.5, 0.6) is 0 Å². The summed E-state index contributed by atoms with van der Waals surface area (Å²) in [6.07, 6.45) is -0.449. The van der Waals surface area contributed by atoms with E-state index in [0.717, 1.165) is 5.56 Å². The van der Waals surface area contributed by atoms with Gasteiger partial charge < -0.3 is 10.4 Å². The van der Waals surface area contributed by atoms with E-state index in [1.165, 1.54) is 9.75 Å². The van der Waals surface area contributed by atoms with Crippen LogP contribution in [-0.4, -0.2) is 11.7 Å². The van der Waals surface area contributed by atoms with Gasteiger partial charge in [0.25, 0.3) is 0 Å². The van der Waals surface area contributed by atoms with Crippen LogP contribution in [0.1, 0.15) is 34.4 Å². The van der Waals surface area contributed by atoms with Crippen molar-refractivity contribution < 1.29 is 5.11 Å². The minimum Gasteiger partial charge on any atom is -0.387 e. The molecule has 0 amide bonds. The van der Waals surface area contributed by atoms with E-state index in [0.29, 0.717) is 6.54 Å². The molecule has 2 rings (SSSR count). The Hall–Kier alpha value is -1.16. The average Bonchev–Trinajstić information content (AvgIpc) is 2.83. The van der Waals surface area contributed by atoms with Crippen LogP contribution in [0.25, 0.3) is 0 Å². The Labute approximate surface area is 112 Å². The molecule has 2 atom stereocenters. The fourth-order valence-electron chi connectivity index (χ4n) is 1.87. The fraction of sp³-hybridized carbons (Fsp3) is 0.333. The Morgan fingerprint density at radius 3 is 2.50 bits per heavy atom. The zero-order valence-corrected chi connectivity index (χ0v) is 11.6. The Morgan fingerprint density at radius 2 is 1.89 bits per heavy atom. The van der Waals surface area contributed by atoms with Crippen molar-refractivity contribution >= 4 is 11.3 Å². The van der Waals surface area contributed by atoms with E-state index in [1.807, 2.05) is 30.3 Å². The van der Waals surface area contributed by atoms with Crippen molar-refractivity contribution in [1.82, 2.24) is 5.32 Å². The molecule has 0 saturated heterocycles. The molecular formula is C15H19NOS. The summed E-state index contributed by atoms with van der Waals surface area (Å²) in [5.74, 6) is 0. The van der Waals surface area contributed by atoms with Crippen molar-refractivity contribution in [1.29, 1.82) is 0 Å². The van der Waals surface area contributed by atoms with Gasteiger partial charge in [0, 0.05) is 22.3 Å². The van der Waals surface area contributed by atoms with Crippen molar-refractivity contribution in [2.24, 2.45) is 0 Å². The average molecular weight is 261 g/mol. The smallest absolute Gasteiger partial charge is 0.0914 e. The summed E-state index contributed by atoms with van der Waals surface area (Å²) in [4.78, 5) is 2.63. The number of aliphatic hydroxyl groups is 1. The Bertz CT molecular complexity index is 480. The first kappa shape index (κ1) is 13.3. The summed E-state index contributed by atoms with van der Waals surface area (Å²) in [5.41, 5.74) is 0.958. The Morgan fingerprint density at radius 1 is 1.17 bits per heavy atom. The molecule has 0 radical (unpaired) electrons. The van der Waals surface area contributed by atoms with Crippen LogP contribution in [0.3, 0.4) is 0 Å². The molecule has 0 spiro atoms. The van der Waals surface area contributed by atoms with Crippen LogP contribution >= 0.6 is 11.3 Å². The minimum absolute atomic E-state index is 0.280. The number of rotatable bonds is 5. The first-order chi connectivity index (χ1) is 8.66. The summed E-state index contributed by atoms with van der Waals surface area (Å²) >= 11 is 1.80. The van der Waals surface area contributed by atoms with Crippen LogP contribution in [0.4, 0.5) is 0 Å². The molecule has 1 aromatic heterocycles. The number of aryl methyl sites for hydroxylation is 1. The topological polar surface area (TPSA) is 32.3 Å². The Balaban J connectivity index is 1.88. The molecule has 0 aliphatic rings. The van der Waals surface area contributed by atoms with Gasteiger partial charge in [-0.2, -0.15) is 0 Å². The van der Waals surface area contributed by atoms with Crippen LogP contribution in [0.15, 0.2) is 42.5 Å². The molecule has 0 aliphatic heterocycles. The summed E-state index contributed by atoms with van der Waals surface area (Å²) in [6, 6.07) is 14.3. The third-order valence-electron chi connectivity index (χ3n) is 2.99. The maximum atomic E-state index is 10.1. The van der Waals surface area contributed by atoms with Crippen LogP contribution in [0, 0.1) is 6.92 Å². The number of aliphatic hydroxyl groups excluding tert-OH is 1. The van der Waals surface area contributed by atoms with Gasteiger partial charge in [0.15, 0.2) is 0 Å². The maximum absolute atomic E-state index is 10.1. The van der Waals surface area contributed by atoms with Crippen molar-refractivity contribution in [3.63, 3.8) is 0 Å².